The Hall–Kier alpha value is -1.39. The van der Waals surface area contributed by atoms with Gasteiger partial charge in [-0.05, 0) is 36.5 Å². The average molecular weight is 290 g/mol. The van der Waals surface area contributed by atoms with Gasteiger partial charge in [0.05, 0.1) is 18.5 Å². The van der Waals surface area contributed by atoms with Crippen LogP contribution in [0.2, 0.25) is 0 Å². The molecule has 0 saturated heterocycles. The molecule has 2 aromatic rings. The van der Waals surface area contributed by atoms with Crippen LogP contribution in [0.15, 0.2) is 35.8 Å². The SMILES string of the molecule is CCNC(CC)c1ccc(OCCc2cccs2)cn1. The number of hydrogen-bond donors (Lipinski definition) is 1. The van der Waals surface area contributed by atoms with Crippen molar-refractivity contribution in [2.75, 3.05) is 13.2 Å². The van der Waals surface area contributed by atoms with Crippen LogP contribution in [-0.2, 0) is 6.42 Å². The lowest BCUT2D eigenvalue weighted by Crippen LogP contribution is -2.20. The normalized spacial score (nSPS) is 12.3. The van der Waals surface area contributed by atoms with Gasteiger partial charge in [0.15, 0.2) is 0 Å². The van der Waals surface area contributed by atoms with Crippen LogP contribution in [0.1, 0.15) is 36.9 Å². The molecular weight excluding hydrogens is 268 g/mol. The van der Waals surface area contributed by atoms with Crippen LogP contribution in [-0.4, -0.2) is 18.1 Å². The Morgan fingerprint density at radius 1 is 1.30 bits per heavy atom. The molecule has 0 aliphatic rings. The van der Waals surface area contributed by atoms with Gasteiger partial charge in [-0.3, -0.25) is 4.98 Å². The fourth-order valence-corrected chi connectivity index (χ4v) is 2.80. The zero-order valence-electron chi connectivity index (χ0n) is 12.1. The molecule has 1 atom stereocenters. The molecule has 2 heterocycles. The first kappa shape index (κ1) is 15.0. The van der Waals surface area contributed by atoms with Crippen molar-refractivity contribution >= 4 is 11.3 Å². The Kier molecular flexibility index (Phi) is 6.02. The summed E-state index contributed by atoms with van der Waals surface area (Å²) in [5.41, 5.74) is 1.08. The Balaban J connectivity index is 1.84. The highest BCUT2D eigenvalue weighted by atomic mass is 32.1. The maximum atomic E-state index is 5.73. The van der Waals surface area contributed by atoms with E-state index in [0.717, 1.165) is 30.8 Å². The van der Waals surface area contributed by atoms with Crippen molar-refractivity contribution in [3.05, 3.63) is 46.4 Å². The smallest absolute Gasteiger partial charge is 0.137 e. The number of nitrogens with one attached hydrogen (secondary N) is 1. The Morgan fingerprint density at radius 2 is 2.20 bits per heavy atom. The second-order valence-electron chi connectivity index (χ2n) is 4.62. The summed E-state index contributed by atoms with van der Waals surface area (Å²) in [5, 5.41) is 5.52. The molecule has 0 radical (unpaired) electrons. The van der Waals surface area contributed by atoms with E-state index < -0.39 is 0 Å². The standard InChI is InChI=1S/C16H22N2OS/c1-3-15(17-4-2)16-8-7-13(12-18-16)19-10-9-14-6-5-11-20-14/h5-8,11-12,15,17H,3-4,9-10H2,1-2H3. The lowest BCUT2D eigenvalue weighted by atomic mass is 10.1. The van der Waals surface area contributed by atoms with Crippen molar-refractivity contribution in [3.63, 3.8) is 0 Å². The van der Waals surface area contributed by atoms with Gasteiger partial charge >= 0.3 is 0 Å². The highest BCUT2D eigenvalue weighted by Crippen LogP contribution is 2.17. The van der Waals surface area contributed by atoms with E-state index in [0.29, 0.717) is 12.6 Å². The summed E-state index contributed by atoms with van der Waals surface area (Å²) in [7, 11) is 0. The number of aromatic nitrogens is 1. The maximum Gasteiger partial charge on any atom is 0.137 e. The van der Waals surface area contributed by atoms with E-state index in [1.807, 2.05) is 12.3 Å². The third-order valence-corrected chi connectivity index (χ3v) is 4.11. The zero-order chi connectivity index (χ0) is 14.2. The lowest BCUT2D eigenvalue weighted by Gasteiger charge is -2.15. The van der Waals surface area contributed by atoms with E-state index in [2.05, 4.69) is 47.7 Å². The third kappa shape index (κ3) is 4.32. The summed E-state index contributed by atoms with van der Waals surface area (Å²) in [5.74, 6) is 0.844. The number of rotatable bonds is 8. The number of nitrogens with zero attached hydrogens (tertiary/aromatic N) is 1. The number of thiophene rings is 1. The minimum atomic E-state index is 0.333. The Morgan fingerprint density at radius 3 is 2.80 bits per heavy atom. The van der Waals surface area contributed by atoms with Gasteiger partial charge in [0, 0.05) is 17.3 Å². The van der Waals surface area contributed by atoms with Gasteiger partial charge in [-0.1, -0.05) is 19.9 Å². The summed E-state index contributed by atoms with van der Waals surface area (Å²) in [4.78, 5) is 5.85. The van der Waals surface area contributed by atoms with Crippen LogP contribution < -0.4 is 10.1 Å². The van der Waals surface area contributed by atoms with Crippen molar-refractivity contribution in [2.45, 2.75) is 32.7 Å². The van der Waals surface area contributed by atoms with Crippen LogP contribution >= 0.6 is 11.3 Å². The molecule has 0 amide bonds. The quantitative estimate of drug-likeness (QED) is 0.802. The monoisotopic (exact) mass is 290 g/mol. The van der Waals surface area contributed by atoms with Crippen molar-refractivity contribution in [3.8, 4) is 5.75 Å². The van der Waals surface area contributed by atoms with E-state index in [-0.39, 0.29) is 0 Å². The van der Waals surface area contributed by atoms with Gasteiger partial charge in [0.25, 0.3) is 0 Å². The van der Waals surface area contributed by atoms with Gasteiger partial charge in [-0.2, -0.15) is 0 Å². The minimum absolute atomic E-state index is 0.333. The van der Waals surface area contributed by atoms with Crippen molar-refractivity contribution in [2.24, 2.45) is 0 Å². The van der Waals surface area contributed by atoms with E-state index in [4.69, 9.17) is 4.74 Å². The summed E-state index contributed by atoms with van der Waals surface area (Å²) < 4.78 is 5.73. The average Bonchev–Trinajstić information content (AvgIpc) is 2.99. The van der Waals surface area contributed by atoms with E-state index in [9.17, 15) is 0 Å². The molecule has 0 aliphatic carbocycles. The van der Waals surface area contributed by atoms with E-state index in [1.165, 1.54) is 4.88 Å². The van der Waals surface area contributed by atoms with Crippen LogP contribution in [0, 0.1) is 0 Å². The van der Waals surface area contributed by atoms with Gasteiger partial charge in [0.2, 0.25) is 0 Å². The topological polar surface area (TPSA) is 34.1 Å². The first-order chi connectivity index (χ1) is 9.83. The molecule has 1 N–H and O–H groups in total. The highest BCUT2D eigenvalue weighted by molar-refractivity contribution is 7.09. The molecule has 4 heteroatoms. The molecule has 0 bridgehead atoms. The molecule has 2 aromatic heterocycles. The summed E-state index contributed by atoms with van der Waals surface area (Å²) in [6.45, 7) is 5.94. The van der Waals surface area contributed by atoms with E-state index >= 15 is 0 Å². The Labute approximate surface area is 125 Å². The van der Waals surface area contributed by atoms with Crippen LogP contribution in [0.5, 0.6) is 5.75 Å². The molecule has 0 aliphatic heterocycles. The van der Waals surface area contributed by atoms with Crippen molar-refractivity contribution in [1.82, 2.24) is 10.3 Å². The second kappa shape index (κ2) is 8.02. The summed E-state index contributed by atoms with van der Waals surface area (Å²) in [6.07, 6.45) is 3.82. The molecule has 0 saturated carbocycles. The van der Waals surface area contributed by atoms with Crippen LogP contribution in [0.25, 0.3) is 0 Å². The first-order valence-electron chi connectivity index (χ1n) is 7.18. The molecule has 20 heavy (non-hydrogen) atoms. The van der Waals surface area contributed by atoms with Gasteiger partial charge in [-0.25, -0.2) is 0 Å². The van der Waals surface area contributed by atoms with Crippen LogP contribution in [0.3, 0.4) is 0 Å². The highest BCUT2D eigenvalue weighted by Gasteiger charge is 2.08. The van der Waals surface area contributed by atoms with Gasteiger partial charge in [-0.15, -0.1) is 11.3 Å². The fraction of sp³-hybridized carbons (Fsp3) is 0.438. The molecule has 0 fully saturated rings. The van der Waals surface area contributed by atoms with Crippen molar-refractivity contribution in [1.29, 1.82) is 0 Å². The lowest BCUT2D eigenvalue weighted by molar-refractivity contribution is 0.321. The number of ether oxygens (including phenoxy) is 1. The first-order valence-corrected chi connectivity index (χ1v) is 8.06. The fourth-order valence-electron chi connectivity index (χ4n) is 2.11. The number of pyridine rings is 1. The van der Waals surface area contributed by atoms with Crippen LogP contribution in [0.4, 0.5) is 0 Å². The zero-order valence-corrected chi connectivity index (χ0v) is 13.0. The predicted octanol–water partition coefficient (Wildman–Crippen LogP) is 3.83. The largest absolute Gasteiger partial charge is 0.492 e. The predicted molar refractivity (Wildman–Crippen MR) is 84.5 cm³/mol. The maximum absolute atomic E-state index is 5.73. The van der Waals surface area contributed by atoms with E-state index in [1.54, 1.807) is 11.3 Å². The molecule has 1 unspecified atom stereocenters. The van der Waals surface area contributed by atoms with Crippen molar-refractivity contribution < 1.29 is 4.74 Å². The molecule has 2 rings (SSSR count). The van der Waals surface area contributed by atoms with Gasteiger partial charge < -0.3 is 10.1 Å². The molecule has 3 nitrogen and oxygen atoms in total. The van der Waals surface area contributed by atoms with Gasteiger partial charge in [0.1, 0.15) is 5.75 Å². The minimum Gasteiger partial charge on any atom is -0.492 e. The summed E-state index contributed by atoms with van der Waals surface area (Å²) >= 11 is 1.77. The molecule has 0 aromatic carbocycles. The Bertz CT molecular complexity index is 482. The summed E-state index contributed by atoms with van der Waals surface area (Å²) in [6, 6.07) is 8.60. The molecule has 108 valence electrons. The second-order valence-corrected chi connectivity index (χ2v) is 5.65. The third-order valence-electron chi connectivity index (χ3n) is 3.17. The molecular formula is C16H22N2OS. The number of hydrogen-bond acceptors (Lipinski definition) is 4. The molecule has 0 spiro atoms.